The monoisotopic (exact) mass is 407 g/mol. The first-order valence-corrected chi connectivity index (χ1v) is 9.70. The average molecular weight is 407 g/mol. The van der Waals surface area contributed by atoms with E-state index in [0.29, 0.717) is 43.1 Å². The molecule has 30 heavy (non-hydrogen) atoms. The van der Waals surface area contributed by atoms with Crippen LogP contribution in [0.2, 0.25) is 0 Å². The molecule has 0 bridgehead atoms. The van der Waals surface area contributed by atoms with E-state index in [2.05, 4.69) is 20.4 Å². The number of nitrogens with one attached hydrogen (secondary N) is 1. The number of nitro groups is 1. The van der Waals surface area contributed by atoms with Gasteiger partial charge in [-0.05, 0) is 49.6 Å². The number of benzene rings is 1. The molecule has 9 heteroatoms. The van der Waals surface area contributed by atoms with Gasteiger partial charge in [-0.2, -0.15) is 0 Å². The first-order chi connectivity index (χ1) is 14.5. The molecule has 3 heterocycles. The second-order valence-corrected chi connectivity index (χ2v) is 7.26. The van der Waals surface area contributed by atoms with Gasteiger partial charge in [0.1, 0.15) is 5.69 Å². The van der Waals surface area contributed by atoms with E-state index in [4.69, 9.17) is 4.42 Å². The summed E-state index contributed by atoms with van der Waals surface area (Å²) in [5, 5.41) is 22.3. The van der Waals surface area contributed by atoms with Crippen LogP contribution in [0, 0.1) is 23.0 Å². The Hall–Kier alpha value is -3.75. The molecule has 0 aliphatic carbocycles. The van der Waals surface area contributed by atoms with E-state index in [1.807, 2.05) is 25.1 Å². The van der Waals surface area contributed by atoms with Crippen LogP contribution in [0.15, 0.2) is 53.1 Å². The van der Waals surface area contributed by atoms with Crippen molar-refractivity contribution in [3.8, 4) is 11.5 Å². The van der Waals surface area contributed by atoms with Crippen molar-refractivity contribution < 1.29 is 14.1 Å². The molecule has 0 spiro atoms. The maximum Gasteiger partial charge on any atom is 0.271 e. The van der Waals surface area contributed by atoms with Crippen molar-refractivity contribution in [1.29, 1.82) is 0 Å². The highest BCUT2D eigenvalue weighted by atomic mass is 16.6. The molecule has 1 aromatic carbocycles. The van der Waals surface area contributed by atoms with Gasteiger partial charge in [-0.15, -0.1) is 10.2 Å². The highest BCUT2D eigenvalue weighted by molar-refractivity contribution is 5.93. The minimum absolute atomic E-state index is 0.0395. The number of hydrogen-bond acceptors (Lipinski definition) is 7. The van der Waals surface area contributed by atoms with Crippen molar-refractivity contribution in [2.45, 2.75) is 19.8 Å². The first kappa shape index (κ1) is 19.6. The Morgan fingerprint density at radius 1 is 1.20 bits per heavy atom. The fourth-order valence-corrected chi connectivity index (χ4v) is 3.51. The predicted octanol–water partition coefficient (Wildman–Crippen LogP) is 3.81. The zero-order valence-corrected chi connectivity index (χ0v) is 16.4. The Bertz CT molecular complexity index is 1040. The van der Waals surface area contributed by atoms with Gasteiger partial charge in [0.2, 0.25) is 5.91 Å². The number of nitrogens with zero attached hydrogens (tertiary/aromatic N) is 4. The quantitative estimate of drug-likeness (QED) is 0.505. The molecule has 1 amide bonds. The third-order valence-electron chi connectivity index (χ3n) is 5.30. The van der Waals surface area contributed by atoms with Gasteiger partial charge in [0.15, 0.2) is 11.6 Å². The highest BCUT2D eigenvalue weighted by Crippen LogP contribution is 2.26. The van der Waals surface area contributed by atoms with Gasteiger partial charge < -0.3 is 14.6 Å². The lowest BCUT2D eigenvalue weighted by molar-refractivity contribution is -0.384. The summed E-state index contributed by atoms with van der Waals surface area (Å²) in [5.41, 5.74) is 1.90. The Morgan fingerprint density at radius 2 is 2.00 bits per heavy atom. The fraction of sp³-hybridized carbons (Fsp3) is 0.286. The van der Waals surface area contributed by atoms with Crippen LogP contribution in [0.1, 0.15) is 18.4 Å². The molecule has 0 unspecified atom stereocenters. The van der Waals surface area contributed by atoms with Gasteiger partial charge in [0.25, 0.3) is 5.69 Å². The first-order valence-electron chi connectivity index (χ1n) is 9.70. The summed E-state index contributed by atoms with van der Waals surface area (Å²) in [5.74, 6) is 1.16. The lowest BCUT2D eigenvalue weighted by Crippen LogP contribution is -2.38. The van der Waals surface area contributed by atoms with Crippen molar-refractivity contribution in [2.75, 3.05) is 23.3 Å². The van der Waals surface area contributed by atoms with E-state index in [9.17, 15) is 14.9 Å². The number of piperidine rings is 1. The molecule has 2 aromatic heterocycles. The zero-order valence-electron chi connectivity index (χ0n) is 16.4. The molecule has 9 nitrogen and oxygen atoms in total. The molecular formula is C21H21N5O4. The van der Waals surface area contributed by atoms with E-state index in [-0.39, 0.29) is 17.5 Å². The van der Waals surface area contributed by atoms with Crippen molar-refractivity contribution in [2.24, 2.45) is 5.92 Å². The Morgan fingerprint density at radius 3 is 2.63 bits per heavy atom. The van der Waals surface area contributed by atoms with Crippen LogP contribution < -0.4 is 10.2 Å². The Labute approximate surface area is 172 Å². The number of aryl methyl sites for hydroxylation is 1. The minimum Gasteiger partial charge on any atom is -0.463 e. The van der Waals surface area contributed by atoms with E-state index in [1.54, 1.807) is 18.4 Å². The highest BCUT2D eigenvalue weighted by Gasteiger charge is 2.26. The number of rotatable bonds is 5. The van der Waals surface area contributed by atoms with E-state index >= 15 is 0 Å². The second-order valence-electron chi connectivity index (χ2n) is 7.26. The topological polar surface area (TPSA) is 114 Å². The SMILES string of the molecule is Cc1ccc([N+](=O)[O-])cc1NC(=O)C1CCN(c2ccc(-c3ccco3)nn2)CC1. The van der Waals surface area contributed by atoms with Crippen molar-refractivity contribution in [3.05, 3.63) is 64.4 Å². The third kappa shape index (κ3) is 4.14. The van der Waals surface area contributed by atoms with Crippen LogP contribution in [0.3, 0.4) is 0 Å². The molecule has 0 radical (unpaired) electrons. The standard InChI is InChI=1S/C21H21N5O4/c1-14-4-5-16(26(28)29)13-18(14)22-21(27)15-8-10-25(11-9-15)20-7-6-17(23-24-20)19-3-2-12-30-19/h2-7,12-13,15H,8-11H2,1H3,(H,22,27). The van der Waals surface area contributed by atoms with Crippen LogP contribution in [-0.4, -0.2) is 34.1 Å². The molecule has 1 N–H and O–H groups in total. The van der Waals surface area contributed by atoms with Gasteiger partial charge >= 0.3 is 0 Å². The van der Waals surface area contributed by atoms with E-state index in [0.717, 1.165) is 11.4 Å². The molecule has 0 saturated carbocycles. The third-order valence-corrected chi connectivity index (χ3v) is 5.30. The summed E-state index contributed by atoms with van der Waals surface area (Å²) < 4.78 is 5.33. The van der Waals surface area contributed by atoms with Crippen molar-refractivity contribution in [1.82, 2.24) is 10.2 Å². The molecular weight excluding hydrogens is 386 g/mol. The minimum atomic E-state index is -0.466. The van der Waals surface area contributed by atoms with Gasteiger partial charge in [-0.3, -0.25) is 14.9 Å². The lowest BCUT2D eigenvalue weighted by atomic mass is 9.95. The van der Waals surface area contributed by atoms with Gasteiger partial charge in [0, 0.05) is 31.1 Å². The van der Waals surface area contributed by atoms with Crippen LogP contribution >= 0.6 is 0 Å². The molecule has 1 aliphatic heterocycles. The van der Waals surface area contributed by atoms with Gasteiger partial charge in [-0.25, -0.2) is 0 Å². The summed E-state index contributed by atoms with van der Waals surface area (Å²) in [4.78, 5) is 25.3. The number of anilines is 2. The molecule has 154 valence electrons. The molecule has 1 fully saturated rings. The van der Waals surface area contributed by atoms with E-state index in [1.165, 1.54) is 12.1 Å². The van der Waals surface area contributed by atoms with E-state index < -0.39 is 4.92 Å². The van der Waals surface area contributed by atoms with Gasteiger partial charge in [0.05, 0.1) is 16.9 Å². The number of furan rings is 1. The molecule has 1 aliphatic rings. The maximum absolute atomic E-state index is 12.7. The van der Waals surface area contributed by atoms with Crippen molar-refractivity contribution in [3.63, 3.8) is 0 Å². The predicted molar refractivity (Wildman–Crippen MR) is 111 cm³/mol. The summed E-state index contributed by atoms with van der Waals surface area (Å²) >= 11 is 0. The van der Waals surface area contributed by atoms with Gasteiger partial charge in [-0.1, -0.05) is 6.07 Å². The largest absolute Gasteiger partial charge is 0.463 e. The van der Waals surface area contributed by atoms with Crippen LogP contribution in [0.25, 0.3) is 11.5 Å². The number of carbonyl (C=O) groups excluding carboxylic acids is 1. The Balaban J connectivity index is 1.36. The van der Waals surface area contributed by atoms with Crippen molar-refractivity contribution >= 4 is 23.1 Å². The number of non-ortho nitro benzene ring substituents is 1. The molecule has 1 saturated heterocycles. The Kier molecular flexibility index (Phi) is 5.42. The number of hydrogen-bond donors (Lipinski definition) is 1. The lowest BCUT2D eigenvalue weighted by Gasteiger charge is -2.31. The molecule has 0 atom stereocenters. The van der Waals surface area contributed by atoms with Crippen LogP contribution in [-0.2, 0) is 4.79 Å². The second kappa shape index (κ2) is 8.32. The number of nitro benzene ring substituents is 1. The molecule has 4 rings (SSSR count). The fourth-order valence-electron chi connectivity index (χ4n) is 3.51. The zero-order chi connectivity index (χ0) is 21.1. The summed E-state index contributed by atoms with van der Waals surface area (Å²) in [6.07, 6.45) is 2.93. The van der Waals surface area contributed by atoms with Crippen LogP contribution in [0.5, 0.6) is 0 Å². The summed E-state index contributed by atoms with van der Waals surface area (Å²) in [6.45, 7) is 3.18. The summed E-state index contributed by atoms with van der Waals surface area (Å²) in [6, 6.07) is 11.9. The summed E-state index contributed by atoms with van der Waals surface area (Å²) in [7, 11) is 0. The molecule has 3 aromatic rings. The number of aromatic nitrogens is 2. The average Bonchev–Trinajstić information content (AvgIpc) is 3.30. The number of carbonyl (C=O) groups is 1. The van der Waals surface area contributed by atoms with Crippen LogP contribution in [0.4, 0.5) is 17.2 Å². The number of amides is 1. The smallest absolute Gasteiger partial charge is 0.271 e. The maximum atomic E-state index is 12.7. The normalized spacial score (nSPS) is 14.5.